The minimum atomic E-state index is -1.41. The molecule has 6 heterocycles. The molecule has 0 bridgehead atoms. The number of aliphatic hydroxyl groups is 1. The zero-order chi connectivity index (χ0) is 33.6. The SMILES string of the molecule is C[C@H](ON=C(C(=O)N[C@@H]1C(=O)N2C(C(=O)O)=C(C[n+]3cccc4c3ccn4C[C@@H]3C[C@@H](O)CN3)CS[C@H]12)c1nc(N)sc1Cl)C(=O)O. The van der Waals surface area contributed by atoms with Crippen LogP contribution in [0.2, 0.25) is 4.34 Å². The second-order valence-corrected chi connectivity index (χ2v) is 13.9. The van der Waals surface area contributed by atoms with Gasteiger partial charge in [0.15, 0.2) is 23.6 Å². The quantitative estimate of drug-likeness (QED) is 0.0670. The average Bonchev–Trinajstić information content (AvgIpc) is 3.73. The van der Waals surface area contributed by atoms with Crippen LogP contribution in [0.4, 0.5) is 5.13 Å². The minimum Gasteiger partial charge on any atom is -0.478 e. The lowest BCUT2D eigenvalue weighted by molar-refractivity contribution is -0.663. The van der Waals surface area contributed by atoms with E-state index in [0.717, 1.165) is 27.3 Å². The highest BCUT2D eigenvalue weighted by Crippen LogP contribution is 2.40. The van der Waals surface area contributed by atoms with Crippen LogP contribution in [0.15, 0.2) is 47.0 Å². The maximum absolute atomic E-state index is 13.4. The van der Waals surface area contributed by atoms with E-state index in [2.05, 4.69) is 25.3 Å². The molecule has 7 N–H and O–H groups in total. The molecule has 16 nitrogen and oxygen atoms in total. The van der Waals surface area contributed by atoms with Crippen molar-refractivity contribution in [3.63, 3.8) is 0 Å². The third-order valence-electron chi connectivity index (χ3n) is 8.02. The summed E-state index contributed by atoms with van der Waals surface area (Å²) in [5.74, 6) is -3.92. The van der Waals surface area contributed by atoms with E-state index in [4.69, 9.17) is 27.3 Å². The van der Waals surface area contributed by atoms with Gasteiger partial charge in [-0.25, -0.2) is 14.6 Å². The molecule has 2 saturated heterocycles. The van der Waals surface area contributed by atoms with Gasteiger partial charge < -0.3 is 41.1 Å². The maximum atomic E-state index is 13.4. The Morgan fingerprint density at radius 1 is 1.34 bits per heavy atom. The van der Waals surface area contributed by atoms with Crippen molar-refractivity contribution < 1.29 is 43.9 Å². The number of carboxylic acids is 2. The van der Waals surface area contributed by atoms with E-state index in [9.17, 15) is 29.4 Å². The first-order valence-electron chi connectivity index (χ1n) is 14.4. The second-order valence-electron chi connectivity index (χ2n) is 11.2. The maximum Gasteiger partial charge on any atom is 0.352 e. The summed E-state index contributed by atoms with van der Waals surface area (Å²) in [6.07, 6.45) is 2.68. The lowest BCUT2D eigenvalue weighted by Crippen LogP contribution is -2.71. The monoisotopic (exact) mass is 705 g/mol. The third-order valence-corrected chi connectivity index (χ3v) is 10.4. The molecule has 47 heavy (non-hydrogen) atoms. The number of nitrogens with zero attached hydrogens (tertiary/aromatic N) is 5. The predicted molar refractivity (Wildman–Crippen MR) is 170 cm³/mol. The number of β-lactam (4-membered cyclic amide) rings is 1. The van der Waals surface area contributed by atoms with Gasteiger partial charge >= 0.3 is 11.9 Å². The Kier molecular flexibility index (Phi) is 9.12. The number of carboxylic acid groups (broad SMARTS) is 2. The fraction of sp³-hybridized carbons (Fsp3) is 0.393. The van der Waals surface area contributed by atoms with E-state index in [1.165, 1.54) is 18.7 Å². The molecule has 2 amide bonds. The smallest absolute Gasteiger partial charge is 0.352 e. The number of anilines is 1. The van der Waals surface area contributed by atoms with E-state index >= 15 is 0 Å². The van der Waals surface area contributed by atoms with E-state index in [1.807, 2.05) is 35.2 Å². The van der Waals surface area contributed by atoms with Gasteiger partial charge in [-0.2, -0.15) is 4.57 Å². The first kappa shape index (κ1) is 32.7. The molecule has 19 heteroatoms. The summed E-state index contributed by atoms with van der Waals surface area (Å²) in [6, 6.07) is 4.81. The van der Waals surface area contributed by atoms with Crippen molar-refractivity contribution in [1.82, 2.24) is 25.1 Å². The Morgan fingerprint density at radius 2 is 2.13 bits per heavy atom. The van der Waals surface area contributed by atoms with Gasteiger partial charge in [0.2, 0.25) is 11.6 Å². The molecule has 6 rings (SSSR count). The number of hydrogen-bond donors (Lipinski definition) is 6. The van der Waals surface area contributed by atoms with Crippen LogP contribution in [0.5, 0.6) is 0 Å². The molecule has 3 aromatic rings. The average molecular weight is 706 g/mol. The van der Waals surface area contributed by atoms with Crippen molar-refractivity contribution in [2.24, 2.45) is 5.16 Å². The molecule has 3 aliphatic rings. The summed E-state index contributed by atoms with van der Waals surface area (Å²) in [5, 5.41) is 38.1. The number of fused-ring (bicyclic) bond motifs is 2. The highest BCUT2D eigenvalue weighted by Gasteiger charge is 2.55. The van der Waals surface area contributed by atoms with Crippen molar-refractivity contribution in [3.05, 3.63) is 51.9 Å². The normalized spacial score (nSPS) is 23.4. The molecule has 0 saturated carbocycles. The zero-order valence-electron chi connectivity index (χ0n) is 24.7. The van der Waals surface area contributed by atoms with Crippen LogP contribution in [-0.4, -0.2) is 101 Å². The summed E-state index contributed by atoms with van der Waals surface area (Å²) in [6.45, 7) is 2.64. The molecular formula is C28H30ClN8O8S2+. The molecule has 248 valence electrons. The molecule has 0 spiro atoms. The Morgan fingerprint density at radius 3 is 2.79 bits per heavy atom. The first-order valence-corrected chi connectivity index (χ1v) is 16.7. The van der Waals surface area contributed by atoms with Crippen molar-refractivity contribution in [3.8, 4) is 0 Å². The highest BCUT2D eigenvalue weighted by atomic mass is 35.5. The number of nitrogens with one attached hydrogen (secondary N) is 2. The number of aliphatic hydroxyl groups excluding tert-OH is 1. The van der Waals surface area contributed by atoms with Gasteiger partial charge in [-0.05, 0) is 19.4 Å². The molecule has 2 fully saturated rings. The van der Waals surface area contributed by atoms with Crippen molar-refractivity contribution in [2.75, 3.05) is 18.0 Å². The largest absolute Gasteiger partial charge is 0.478 e. The summed E-state index contributed by atoms with van der Waals surface area (Å²) in [7, 11) is 0. The standard InChI is InChI=1S/C28H29ClN8O8S2/c1-12(26(41)42)45-34-19(18-22(29)47-28(30)33-18)23(39)32-20-24(40)37-21(27(43)44)13(11-46-25(20)37)9-35-5-2-3-16-17(35)4-6-36(16)10-14-7-15(38)8-31-14/h2-6,12,14-15,20,25,31,38H,7-11H2,1H3,(H4-,30,32,33,39,41,42,43,44)/p+1/t12-,14-,15+,20+,25+/m0/s1. The number of carbonyl (C=O) groups excluding carboxylic acids is 2. The number of aromatic nitrogens is 3. The Bertz CT molecular complexity index is 1840. The van der Waals surface area contributed by atoms with Gasteiger partial charge in [0.25, 0.3) is 11.8 Å². The van der Waals surface area contributed by atoms with Gasteiger partial charge in [-0.1, -0.05) is 28.1 Å². The fourth-order valence-corrected chi connectivity index (χ4v) is 8.00. The molecule has 0 aromatic carbocycles. The summed E-state index contributed by atoms with van der Waals surface area (Å²) >= 11 is 8.33. The zero-order valence-corrected chi connectivity index (χ0v) is 27.1. The van der Waals surface area contributed by atoms with E-state index in [-0.39, 0.29) is 45.3 Å². The third kappa shape index (κ3) is 6.38. The number of carbonyl (C=O) groups is 4. The Labute approximate surface area is 279 Å². The van der Waals surface area contributed by atoms with Crippen LogP contribution < -0.4 is 20.9 Å². The molecule has 0 aliphatic carbocycles. The molecule has 0 unspecified atom stereocenters. The van der Waals surface area contributed by atoms with Crippen molar-refractivity contribution in [1.29, 1.82) is 0 Å². The second kappa shape index (κ2) is 13.1. The number of aliphatic carboxylic acids is 2. The van der Waals surface area contributed by atoms with Gasteiger partial charge in [-0.15, -0.1) is 11.8 Å². The lowest BCUT2D eigenvalue weighted by atomic mass is 10.0. The van der Waals surface area contributed by atoms with Gasteiger partial charge in [0.05, 0.1) is 6.10 Å². The first-order chi connectivity index (χ1) is 22.4. The van der Waals surface area contributed by atoms with Crippen LogP contribution in [0.1, 0.15) is 19.0 Å². The Balaban J connectivity index is 1.21. The van der Waals surface area contributed by atoms with Crippen LogP contribution in [-0.2, 0) is 37.1 Å². The number of amides is 2. The summed E-state index contributed by atoms with van der Waals surface area (Å²) in [4.78, 5) is 60.6. The number of rotatable bonds is 11. The number of oxime groups is 1. The van der Waals surface area contributed by atoms with Crippen LogP contribution in [0.25, 0.3) is 11.0 Å². The van der Waals surface area contributed by atoms with E-state index in [0.29, 0.717) is 25.1 Å². The van der Waals surface area contributed by atoms with Crippen LogP contribution in [0, 0.1) is 0 Å². The predicted octanol–water partition coefficient (Wildman–Crippen LogP) is -0.0237. The minimum absolute atomic E-state index is 0.00538. The fourth-order valence-electron chi connectivity index (χ4n) is 5.74. The van der Waals surface area contributed by atoms with Crippen LogP contribution >= 0.6 is 34.7 Å². The van der Waals surface area contributed by atoms with Gasteiger partial charge in [-0.3, -0.25) is 14.5 Å². The summed E-state index contributed by atoms with van der Waals surface area (Å²) < 4.78 is 4.01. The number of nitrogen functional groups attached to an aromatic ring is 1. The van der Waals surface area contributed by atoms with E-state index in [1.54, 1.807) is 0 Å². The molecule has 0 radical (unpaired) electrons. The van der Waals surface area contributed by atoms with E-state index < -0.39 is 47.0 Å². The number of hydrogen-bond acceptors (Lipinski definition) is 12. The Hall–Kier alpha value is -4.23. The molecule has 3 aliphatic heterocycles. The lowest BCUT2D eigenvalue weighted by Gasteiger charge is -2.49. The number of β-amino-alcohol motifs (C(OH)–C–C–N with tert-alkyl or cyclic N) is 1. The topological polar surface area (TPSA) is 226 Å². The highest BCUT2D eigenvalue weighted by molar-refractivity contribution is 8.00. The molecule has 5 atom stereocenters. The van der Waals surface area contributed by atoms with Gasteiger partial charge in [0, 0.05) is 48.8 Å². The number of halogens is 1. The number of nitrogens with two attached hydrogens (primary N) is 1. The van der Waals surface area contributed by atoms with Crippen molar-refractivity contribution >= 4 is 80.3 Å². The summed E-state index contributed by atoms with van der Waals surface area (Å²) in [5.41, 5.74) is 7.25. The number of thioether (sulfide) groups is 1. The van der Waals surface area contributed by atoms with Gasteiger partial charge in [0.1, 0.15) is 32.7 Å². The molecular weight excluding hydrogens is 676 g/mol. The van der Waals surface area contributed by atoms with Crippen LogP contribution in [0.3, 0.4) is 0 Å². The number of pyridine rings is 1. The van der Waals surface area contributed by atoms with Crippen molar-refractivity contribution in [2.45, 2.75) is 56.1 Å². The molecule has 3 aromatic heterocycles. The number of thiazole rings is 1.